The summed E-state index contributed by atoms with van der Waals surface area (Å²) in [5.41, 5.74) is -0.968. The van der Waals surface area contributed by atoms with Crippen LogP contribution in [-0.2, 0) is 6.18 Å². The van der Waals surface area contributed by atoms with Crippen LogP contribution in [-0.4, -0.2) is 29.9 Å². The van der Waals surface area contributed by atoms with Crippen molar-refractivity contribution in [3.8, 4) is 17.2 Å². The number of hydrogen-bond acceptors (Lipinski definition) is 5. The first kappa shape index (κ1) is 17.2. The summed E-state index contributed by atoms with van der Waals surface area (Å²) >= 11 is 11.8. The smallest absolute Gasteiger partial charge is 0.358 e. The minimum Gasteiger partial charge on any atom is -0.358 e. The highest BCUT2D eigenvalue weighted by atomic mass is 35.5. The van der Waals surface area contributed by atoms with Crippen molar-refractivity contribution in [2.75, 3.05) is 0 Å². The highest BCUT2D eigenvalue weighted by Gasteiger charge is 2.32. The number of nitrogens with zero attached hydrogens (tertiary/aromatic N) is 5. The van der Waals surface area contributed by atoms with E-state index in [2.05, 4.69) is 20.2 Å². The number of hydrogen-bond donors (Lipinski definition) is 1. The van der Waals surface area contributed by atoms with Crippen molar-refractivity contribution in [2.24, 2.45) is 0 Å². The first-order chi connectivity index (χ1) is 11.7. The number of halogens is 5. The van der Waals surface area contributed by atoms with Gasteiger partial charge in [-0.15, -0.1) is 9.90 Å². The summed E-state index contributed by atoms with van der Waals surface area (Å²) in [4.78, 5) is 17.1. The van der Waals surface area contributed by atoms with E-state index < -0.39 is 16.7 Å². The van der Waals surface area contributed by atoms with Crippen molar-refractivity contribution in [3.05, 3.63) is 50.2 Å². The SMILES string of the molecule is O=[N+]([O-])c1cnc(-c2cnn(-c3c(Cl)cc(C(F)(F)F)cc3Cl)n2)[nH]1. The highest BCUT2D eigenvalue weighted by Crippen LogP contribution is 2.37. The summed E-state index contributed by atoms with van der Waals surface area (Å²) in [6.45, 7) is 0. The van der Waals surface area contributed by atoms with Crippen molar-refractivity contribution < 1.29 is 18.1 Å². The standard InChI is InChI=1S/C12H5Cl2F3N6O2/c13-6-1-5(12(15,16)17)2-7(14)10(6)22-19-3-8(21-22)11-18-4-9(20-11)23(24)25/h1-4H,(H,18,20). The third-order valence-corrected chi connectivity index (χ3v) is 3.61. The fourth-order valence-corrected chi connectivity index (χ4v) is 2.57. The van der Waals surface area contributed by atoms with E-state index >= 15 is 0 Å². The van der Waals surface area contributed by atoms with Gasteiger partial charge in [0.25, 0.3) is 0 Å². The third-order valence-electron chi connectivity index (χ3n) is 3.04. The lowest BCUT2D eigenvalue weighted by atomic mass is 10.2. The van der Waals surface area contributed by atoms with Crippen LogP contribution in [0.25, 0.3) is 17.2 Å². The Balaban J connectivity index is 2.01. The molecular formula is C12H5Cl2F3N6O2. The van der Waals surface area contributed by atoms with Crippen LogP contribution in [0.2, 0.25) is 10.0 Å². The second-order valence-electron chi connectivity index (χ2n) is 4.68. The van der Waals surface area contributed by atoms with Gasteiger partial charge in [-0.2, -0.15) is 18.3 Å². The van der Waals surface area contributed by atoms with Crippen molar-refractivity contribution in [3.63, 3.8) is 0 Å². The van der Waals surface area contributed by atoms with Crippen LogP contribution in [0.5, 0.6) is 0 Å². The molecule has 0 unspecified atom stereocenters. The van der Waals surface area contributed by atoms with Crippen LogP contribution in [0.15, 0.2) is 24.5 Å². The molecular weight excluding hydrogens is 388 g/mol. The van der Waals surface area contributed by atoms with E-state index in [-0.39, 0.29) is 33.1 Å². The topological polar surface area (TPSA) is 103 Å². The van der Waals surface area contributed by atoms with E-state index in [1.54, 1.807) is 0 Å². The Morgan fingerprint density at radius 1 is 1.20 bits per heavy atom. The lowest BCUT2D eigenvalue weighted by molar-refractivity contribution is -0.389. The number of benzene rings is 1. The fourth-order valence-electron chi connectivity index (χ4n) is 1.93. The number of nitrogens with one attached hydrogen (secondary N) is 1. The minimum absolute atomic E-state index is 0.0529. The van der Waals surface area contributed by atoms with Crippen molar-refractivity contribution >= 4 is 29.0 Å². The number of rotatable bonds is 3. The molecule has 0 saturated carbocycles. The Kier molecular flexibility index (Phi) is 4.13. The molecule has 0 saturated heterocycles. The Morgan fingerprint density at radius 2 is 1.84 bits per heavy atom. The zero-order valence-corrected chi connectivity index (χ0v) is 13.3. The van der Waals surface area contributed by atoms with Gasteiger partial charge in [-0.25, -0.2) is 9.97 Å². The molecule has 1 aromatic carbocycles. The molecule has 0 aliphatic rings. The van der Waals surface area contributed by atoms with Crippen LogP contribution in [0.4, 0.5) is 19.0 Å². The molecule has 130 valence electrons. The van der Waals surface area contributed by atoms with Gasteiger partial charge in [-0.3, -0.25) is 0 Å². The van der Waals surface area contributed by atoms with Gasteiger partial charge in [0.1, 0.15) is 11.9 Å². The average molecular weight is 393 g/mol. The van der Waals surface area contributed by atoms with Crippen LogP contribution in [0, 0.1) is 10.1 Å². The van der Waals surface area contributed by atoms with E-state index in [9.17, 15) is 23.3 Å². The molecule has 0 spiro atoms. The summed E-state index contributed by atoms with van der Waals surface area (Å²) in [6, 6.07) is 1.40. The quantitative estimate of drug-likeness (QED) is 0.537. The van der Waals surface area contributed by atoms with Gasteiger partial charge in [0.2, 0.25) is 5.82 Å². The molecule has 2 aromatic heterocycles. The van der Waals surface area contributed by atoms with E-state index in [0.717, 1.165) is 11.0 Å². The van der Waals surface area contributed by atoms with Crippen LogP contribution in [0.1, 0.15) is 5.56 Å². The zero-order chi connectivity index (χ0) is 18.4. The maximum absolute atomic E-state index is 12.8. The van der Waals surface area contributed by atoms with Gasteiger partial charge < -0.3 is 10.1 Å². The number of nitro groups is 1. The summed E-state index contributed by atoms with van der Waals surface area (Å²) in [6.07, 6.45) is -2.42. The molecule has 0 bridgehead atoms. The summed E-state index contributed by atoms with van der Waals surface area (Å²) in [5, 5.41) is 17.8. The predicted molar refractivity (Wildman–Crippen MR) is 80.6 cm³/mol. The second-order valence-corrected chi connectivity index (χ2v) is 5.49. The number of aromatic amines is 1. The maximum Gasteiger partial charge on any atom is 0.416 e. The second kappa shape index (κ2) is 6.01. The molecule has 25 heavy (non-hydrogen) atoms. The highest BCUT2D eigenvalue weighted by molar-refractivity contribution is 6.37. The van der Waals surface area contributed by atoms with Crippen molar-refractivity contribution in [1.29, 1.82) is 0 Å². The van der Waals surface area contributed by atoms with Crippen LogP contribution in [0.3, 0.4) is 0 Å². The minimum atomic E-state index is -4.61. The van der Waals surface area contributed by atoms with Gasteiger partial charge >= 0.3 is 12.0 Å². The summed E-state index contributed by atoms with van der Waals surface area (Å²) in [5.74, 6) is -0.299. The molecule has 0 radical (unpaired) electrons. The largest absolute Gasteiger partial charge is 0.416 e. The van der Waals surface area contributed by atoms with E-state index in [4.69, 9.17) is 23.2 Å². The van der Waals surface area contributed by atoms with E-state index in [1.807, 2.05) is 0 Å². The molecule has 2 heterocycles. The zero-order valence-electron chi connectivity index (χ0n) is 11.8. The van der Waals surface area contributed by atoms with Crippen LogP contribution >= 0.6 is 23.2 Å². The van der Waals surface area contributed by atoms with Gasteiger partial charge in [0.15, 0.2) is 5.69 Å². The first-order valence-corrected chi connectivity index (χ1v) is 7.11. The monoisotopic (exact) mass is 392 g/mol. The lowest BCUT2D eigenvalue weighted by Crippen LogP contribution is -2.07. The third kappa shape index (κ3) is 3.28. The average Bonchev–Trinajstić information content (AvgIpc) is 3.14. The van der Waals surface area contributed by atoms with Gasteiger partial charge in [0, 0.05) is 0 Å². The number of H-pyrrole nitrogens is 1. The molecule has 13 heteroatoms. The Bertz CT molecular complexity index is 945. The van der Waals surface area contributed by atoms with Crippen molar-refractivity contribution in [1.82, 2.24) is 25.0 Å². The number of aromatic nitrogens is 5. The predicted octanol–water partition coefficient (Wildman–Crippen LogP) is 3.89. The molecule has 8 nitrogen and oxygen atoms in total. The molecule has 0 aliphatic heterocycles. The van der Waals surface area contributed by atoms with Gasteiger partial charge in [0.05, 0.1) is 21.8 Å². The van der Waals surface area contributed by atoms with E-state index in [1.165, 1.54) is 6.20 Å². The maximum atomic E-state index is 12.8. The molecule has 0 fully saturated rings. The van der Waals surface area contributed by atoms with E-state index in [0.29, 0.717) is 12.1 Å². The Morgan fingerprint density at radius 3 is 2.36 bits per heavy atom. The normalized spacial score (nSPS) is 11.7. The molecule has 0 amide bonds. The molecule has 0 atom stereocenters. The molecule has 1 N–H and O–H groups in total. The molecule has 3 aromatic rings. The Hall–Kier alpha value is -2.66. The lowest BCUT2D eigenvalue weighted by Gasteiger charge is -2.11. The molecule has 0 aliphatic carbocycles. The van der Waals surface area contributed by atoms with Crippen molar-refractivity contribution in [2.45, 2.75) is 6.18 Å². The number of alkyl halides is 3. The number of imidazole rings is 1. The van der Waals surface area contributed by atoms with Gasteiger partial charge in [-0.05, 0) is 17.1 Å². The summed E-state index contributed by atoms with van der Waals surface area (Å²) < 4.78 is 38.3. The fraction of sp³-hybridized carbons (Fsp3) is 0.0833. The molecule has 3 rings (SSSR count). The first-order valence-electron chi connectivity index (χ1n) is 6.35. The Labute approximate surface area is 146 Å². The summed E-state index contributed by atoms with van der Waals surface area (Å²) in [7, 11) is 0. The van der Waals surface area contributed by atoms with Gasteiger partial charge in [-0.1, -0.05) is 23.2 Å². The van der Waals surface area contributed by atoms with Crippen LogP contribution < -0.4 is 0 Å².